The molecule has 0 aromatic rings. The minimum Gasteiger partial charge on any atom is -0.360 e. The molecule has 0 saturated carbocycles. The summed E-state index contributed by atoms with van der Waals surface area (Å²) in [5, 5.41) is 0.964. The summed E-state index contributed by atoms with van der Waals surface area (Å²) in [4.78, 5) is 14.6. The van der Waals surface area contributed by atoms with Gasteiger partial charge in [0.1, 0.15) is 0 Å². The lowest BCUT2D eigenvalue weighted by Gasteiger charge is -2.24. The summed E-state index contributed by atoms with van der Waals surface area (Å²) in [6, 6.07) is 0. The third-order valence-electron chi connectivity index (χ3n) is 1.88. The maximum Gasteiger partial charge on any atom is 0.492 e. The van der Waals surface area contributed by atoms with Crippen molar-refractivity contribution in [3.8, 4) is 0 Å². The maximum absolute atomic E-state index is 11.8. The zero-order chi connectivity index (χ0) is 11.5. The van der Waals surface area contributed by atoms with Crippen LogP contribution in [0.2, 0.25) is 0 Å². The summed E-state index contributed by atoms with van der Waals surface area (Å²) < 4.78 is 35.4. The van der Waals surface area contributed by atoms with E-state index in [2.05, 4.69) is 4.84 Å². The van der Waals surface area contributed by atoms with Gasteiger partial charge in [0.25, 0.3) is 0 Å². The Morgan fingerprint density at radius 2 is 2.27 bits per heavy atom. The maximum atomic E-state index is 11.8. The lowest BCUT2D eigenvalue weighted by Crippen LogP contribution is -2.37. The summed E-state index contributed by atoms with van der Waals surface area (Å²) >= 11 is 5.53. The second-order valence-corrected chi connectivity index (χ2v) is 3.28. The van der Waals surface area contributed by atoms with Crippen molar-refractivity contribution in [3.63, 3.8) is 0 Å². The molecule has 0 radical (unpaired) electrons. The fourth-order valence-electron chi connectivity index (χ4n) is 1.07. The fourth-order valence-corrected chi connectivity index (χ4v) is 1.31. The number of hydrogen-bond donors (Lipinski definition) is 0. The molecule has 0 fully saturated rings. The van der Waals surface area contributed by atoms with Gasteiger partial charge >= 0.3 is 12.1 Å². The van der Waals surface area contributed by atoms with E-state index in [9.17, 15) is 18.0 Å². The number of rotatable bonds is 2. The number of carbonyl (C=O) groups excluding carboxylic acids is 1. The Kier molecular flexibility index (Phi) is 3.98. The number of nitrogens with zero attached hydrogens (tertiary/aromatic N) is 1. The zero-order valence-corrected chi connectivity index (χ0v) is 8.44. The Labute approximate surface area is 89.4 Å². The standard InChI is InChI=1S/C8H9ClF3NO2/c9-5-6-1-3-13(4-2-6)15-7(14)8(10,11)12/h1H,2-5H2. The molecule has 1 aliphatic rings. The van der Waals surface area contributed by atoms with Crippen LogP contribution in [0.3, 0.4) is 0 Å². The van der Waals surface area contributed by atoms with Crippen LogP contribution in [0.5, 0.6) is 0 Å². The molecule has 1 rings (SSSR count). The quantitative estimate of drug-likeness (QED) is 0.548. The molecule has 1 heterocycles. The van der Waals surface area contributed by atoms with Crippen LogP contribution < -0.4 is 0 Å². The van der Waals surface area contributed by atoms with Crippen molar-refractivity contribution in [1.82, 2.24) is 5.06 Å². The Bertz CT molecular complexity index is 278. The average Bonchev–Trinajstić information content (AvgIpc) is 2.17. The van der Waals surface area contributed by atoms with Crippen LogP contribution in [0.1, 0.15) is 6.42 Å². The van der Waals surface area contributed by atoms with Gasteiger partial charge in [0.05, 0.1) is 6.54 Å². The van der Waals surface area contributed by atoms with Gasteiger partial charge in [-0.3, -0.25) is 0 Å². The number of alkyl halides is 4. The van der Waals surface area contributed by atoms with Crippen molar-refractivity contribution in [3.05, 3.63) is 11.6 Å². The number of hydroxylamine groups is 2. The summed E-state index contributed by atoms with van der Waals surface area (Å²) in [6.45, 7) is 0.379. The summed E-state index contributed by atoms with van der Waals surface area (Å²) in [7, 11) is 0. The Hall–Kier alpha value is -0.750. The third-order valence-corrected chi connectivity index (χ3v) is 2.22. The average molecular weight is 244 g/mol. The molecular formula is C8H9ClF3NO2. The van der Waals surface area contributed by atoms with Crippen molar-refractivity contribution in [2.45, 2.75) is 12.6 Å². The van der Waals surface area contributed by atoms with Crippen molar-refractivity contribution in [1.29, 1.82) is 0 Å². The molecule has 1 aliphatic heterocycles. The largest absolute Gasteiger partial charge is 0.492 e. The monoisotopic (exact) mass is 243 g/mol. The van der Waals surface area contributed by atoms with Crippen molar-refractivity contribution >= 4 is 17.6 Å². The Balaban J connectivity index is 2.43. The van der Waals surface area contributed by atoms with Crippen molar-refractivity contribution in [2.24, 2.45) is 0 Å². The lowest BCUT2D eigenvalue weighted by molar-refractivity contribution is -0.237. The normalized spacial score (nSPS) is 18.5. The first-order chi connectivity index (χ1) is 6.93. The van der Waals surface area contributed by atoms with Crippen LogP contribution in [-0.4, -0.2) is 36.2 Å². The molecule has 0 aromatic heterocycles. The highest BCUT2D eigenvalue weighted by molar-refractivity contribution is 6.19. The minimum absolute atomic E-state index is 0.143. The van der Waals surface area contributed by atoms with Crippen LogP contribution in [-0.2, 0) is 9.63 Å². The molecular weight excluding hydrogens is 235 g/mol. The SMILES string of the molecule is O=C(ON1CC=C(CCl)CC1)C(F)(F)F. The van der Waals surface area contributed by atoms with Gasteiger partial charge in [-0.25, -0.2) is 4.79 Å². The van der Waals surface area contributed by atoms with Crippen LogP contribution in [0.4, 0.5) is 13.2 Å². The van der Waals surface area contributed by atoms with Gasteiger partial charge in [0.2, 0.25) is 0 Å². The molecule has 0 atom stereocenters. The van der Waals surface area contributed by atoms with Gasteiger partial charge in [0, 0.05) is 12.4 Å². The highest BCUT2D eigenvalue weighted by atomic mass is 35.5. The van der Waals surface area contributed by atoms with E-state index in [-0.39, 0.29) is 13.1 Å². The van der Waals surface area contributed by atoms with Gasteiger partial charge in [-0.2, -0.15) is 13.2 Å². The van der Waals surface area contributed by atoms with Gasteiger partial charge in [-0.15, -0.1) is 16.7 Å². The van der Waals surface area contributed by atoms with E-state index >= 15 is 0 Å². The van der Waals surface area contributed by atoms with E-state index < -0.39 is 12.1 Å². The van der Waals surface area contributed by atoms with Crippen LogP contribution in [0, 0.1) is 0 Å². The lowest BCUT2D eigenvalue weighted by atomic mass is 10.1. The fraction of sp³-hybridized carbons (Fsp3) is 0.625. The first kappa shape index (κ1) is 12.3. The molecule has 0 saturated heterocycles. The minimum atomic E-state index is -4.95. The molecule has 0 amide bonds. The number of carbonyl (C=O) groups is 1. The van der Waals surface area contributed by atoms with Crippen LogP contribution in [0.15, 0.2) is 11.6 Å². The predicted octanol–water partition coefficient (Wildman–Crippen LogP) is 1.88. The van der Waals surface area contributed by atoms with Gasteiger partial charge in [-0.05, 0) is 6.42 Å². The van der Waals surface area contributed by atoms with Gasteiger partial charge in [0.15, 0.2) is 0 Å². The Morgan fingerprint density at radius 3 is 2.67 bits per heavy atom. The van der Waals surface area contributed by atoms with Crippen LogP contribution >= 0.6 is 11.6 Å². The molecule has 0 bridgehead atoms. The van der Waals surface area contributed by atoms with Crippen molar-refractivity contribution < 1.29 is 22.8 Å². The smallest absolute Gasteiger partial charge is 0.360 e. The van der Waals surface area contributed by atoms with Gasteiger partial charge in [-0.1, -0.05) is 11.6 Å². The van der Waals surface area contributed by atoms with E-state index in [1.165, 1.54) is 0 Å². The molecule has 15 heavy (non-hydrogen) atoms. The van der Waals surface area contributed by atoms with E-state index in [0.29, 0.717) is 12.3 Å². The summed E-state index contributed by atoms with van der Waals surface area (Å²) in [5.41, 5.74) is 0.941. The topological polar surface area (TPSA) is 29.5 Å². The predicted molar refractivity (Wildman–Crippen MR) is 47.1 cm³/mol. The molecule has 0 spiro atoms. The molecule has 3 nitrogen and oxygen atoms in total. The second-order valence-electron chi connectivity index (χ2n) is 3.01. The first-order valence-corrected chi connectivity index (χ1v) is 4.75. The van der Waals surface area contributed by atoms with E-state index in [4.69, 9.17) is 11.6 Å². The molecule has 0 aliphatic carbocycles. The second kappa shape index (κ2) is 4.85. The van der Waals surface area contributed by atoms with E-state index in [1.807, 2.05) is 0 Å². The van der Waals surface area contributed by atoms with Gasteiger partial charge < -0.3 is 4.84 Å². The number of halogens is 4. The molecule has 7 heteroatoms. The Morgan fingerprint density at radius 1 is 1.60 bits per heavy atom. The highest BCUT2D eigenvalue weighted by Gasteiger charge is 2.42. The van der Waals surface area contributed by atoms with E-state index in [0.717, 1.165) is 10.6 Å². The molecule has 0 unspecified atom stereocenters. The van der Waals surface area contributed by atoms with Crippen molar-refractivity contribution in [2.75, 3.05) is 19.0 Å². The molecule has 0 N–H and O–H groups in total. The molecule has 0 aromatic carbocycles. The summed E-state index contributed by atoms with van der Waals surface area (Å²) in [6.07, 6.45) is -2.79. The highest BCUT2D eigenvalue weighted by Crippen LogP contribution is 2.19. The number of hydrogen-bond acceptors (Lipinski definition) is 3. The van der Waals surface area contributed by atoms with Crippen LogP contribution in [0.25, 0.3) is 0 Å². The molecule has 86 valence electrons. The first-order valence-electron chi connectivity index (χ1n) is 4.21. The third kappa shape index (κ3) is 3.71. The van der Waals surface area contributed by atoms with E-state index in [1.54, 1.807) is 6.08 Å². The summed E-state index contributed by atoms with van der Waals surface area (Å²) in [5.74, 6) is -1.84. The zero-order valence-electron chi connectivity index (χ0n) is 7.68.